The first-order chi connectivity index (χ1) is 5.71. The minimum absolute atomic E-state index is 0.361. The van der Waals surface area contributed by atoms with Crippen LogP contribution in [0.5, 0.6) is 0 Å². The number of alkyl halides is 1. The summed E-state index contributed by atoms with van der Waals surface area (Å²) in [6.45, 7) is 3.03. The molecule has 0 bridgehead atoms. The smallest absolute Gasteiger partial charge is 0.0462 e. The molecule has 1 aliphatic carbocycles. The molecule has 0 aromatic carbocycles. The molecule has 1 saturated carbocycles. The zero-order chi connectivity index (χ0) is 9.03. The van der Waals surface area contributed by atoms with Crippen LogP contribution in [-0.2, 0) is 4.74 Å². The van der Waals surface area contributed by atoms with Crippen molar-refractivity contribution in [2.45, 2.75) is 44.4 Å². The van der Waals surface area contributed by atoms with Crippen molar-refractivity contribution in [2.75, 3.05) is 13.7 Å². The molecule has 0 radical (unpaired) electrons. The summed E-state index contributed by atoms with van der Waals surface area (Å²) < 4.78 is 5.00. The maximum Gasteiger partial charge on any atom is 0.0462 e. The molecule has 0 aliphatic heterocycles. The molecule has 1 unspecified atom stereocenters. The van der Waals surface area contributed by atoms with Crippen LogP contribution in [0.4, 0.5) is 0 Å². The van der Waals surface area contributed by atoms with Crippen LogP contribution in [0, 0.1) is 5.41 Å². The summed E-state index contributed by atoms with van der Waals surface area (Å²) in [7, 11) is 1.76. The van der Waals surface area contributed by atoms with Crippen molar-refractivity contribution < 1.29 is 4.74 Å². The van der Waals surface area contributed by atoms with Crippen molar-refractivity contribution in [1.82, 2.24) is 0 Å². The molecule has 12 heavy (non-hydrogen) atoms. The van der Waals surface area contributed by atoms with Crippen LogP contribution in [0.15, 0.2) is 0 Å². The first-order valence-corrected chi connectivity index (χ1v) is 5.28. The average Bonchev–Trinajstić information content (AvgIpc) is 2.79. The van der Waals surface area contributed by atoms with Gasteiger partial charge in [-0.15, -0.1) is 11.6 Å². The molecule has 0 aromatic heterocycles. The third kappa shape index (κ3) is 2.63. The van der Waals surface area contributed by atoms with E-state index in [1.807, 2.05) is 0 Å². The molecule has 1 fully saturated rings. The first kappa shape index (κ1) is 10.3. The lowest BCUT2D eigenvalue weighted by molar-refractivity contribution is 0.189. The second-order valence-corrected chi connectivity index (χ2v) is 4.58. The quantitative estimate of drug-likeness (QED) is 0.462. The van der Waals surface area contributed by atoms with Gasteiger partial charge in [-0.3, -0.25) is 0 Å². The molecular weight excluding hydrogens is 172 g/mol. The maximum absolute atomic E-state index is 6.11. The van der Waals surface area contributed by atoms with Gasteiger partial charge >= 0.3 is 0 Å². The summed E-state index contributed by atoms with van der Waals surface area (Å²) in [5.74, 6) is 0. The van der Waals surface area contributed by atoms with E-state index in [0.717, 1.165) is 6.61 Å². The second kappa shape index (κ2) is 4.48. The Morgan fingerprint density at radius 3 is 2.50 bits per heavy atom. The normalized spacial score (nSPS) is 22.2. The minimum atomic E-state index is 0.361. The van der Waals surface area contributed by atoms with E-state index >= 15 is 0 Å². The summed E-state index contributed by atoms with van der Waals surface area (Å²) in [5.41, 5.74) is 0.509. The zero-order valence-corrected chi connectivity index (χ0v) is 8.86. The number of hydrogen-bond acceptors (Lipinski definition) is 1. The predicted octanol–water partition coefficient (Wildman–Crippen LogP) is 3.21. The van der Waals surface area contributed by atoms with Gasteiger partial charge in [0, 0.05) is 19.1 Å². The van der Waals surface area contributed by atoms with Crippen LogP contribution < -0.4 is 0 Å². The van der Waals surface area contributed by atoms with Gasteiger partial charge in [-0.1, -0.05) is 6.42 Å². The van der Waals surface area contributed by atoms with E-state index in [9.17, 15) is 0 Å². The topological polar surface area (TPSA) is 9.23 Å². The minimum Gasteiger partial charge on any atom is -0.385 e. The third-order valence-corrected chi connectivity index (χ3v) is 3.47. The summed E-state index contributed by atoms with van der Waals surface area (Å²) in [6, 6.07) is 0. The Morgan fingerprint density at radius 1 is 1.42 bits per heavy atom. The van der Waals surface area contributed by atoms with E-state index < -0.39 is 0 Å². The first-order valence-electron chi connectivity index (χ1n) is 4.84. The predicted molar refractivity (Wildman–Crippen MR) is 52.7 cm³/mol. The number of unbranched alkanes of at least 4 members (excludes halogenated alkanes) is 1. The van der Waals surface area contributed by atoms with Gasteiger partial charge in [0.05, 0.1) is 0 Å². The lowest BCUT2D eigenvalue weighted by Gasteiger charge is -2.16. The molecule has 0 spiro atoms. The SMILES string of the molecule is COCCCCC1(C(C)Cl)CC1. The summed E-state index contributed by atoms with van der Waals surface area (Å²) in [4.78, 5) is 0. The Labute approximate surface area is 80.4 Å². The van der Waals surface area contributed by atoms with Crippen LogP contribution in [0.1, 0.15) is 39.0 Å². The number of methoxy groups -OCH3 is 1. The summed E-state index contributed by atoms with van der Waals surface area (Å²) in [6.07, 6.45) is 6.42. The van der Waals surface area contributed by atoms with Crippen molar-refractivity contribution in [2.24, 2.45) is 5.41 Å². The highest BCUT2D eigenvalue weighted by Gasteiger charge is 2.45. The number of ether oxygens (including phenoxy) is 1. The van der Waals surface area contributed by atoms with Gasteiger partial charge in [-0.2, -0.15) is 0 Å². The van der Waals surface area contributed by atoms with E-state index in [1.165, 1.54) is 32.1 Å². The monoisotopic (exact) mass is 190 g/mol. The molecule has 0 heterocycles. The van der Waals surface area contributed by atoms with E-state index in [4.69, 9.17) is 16.3 Å². The lowest BCUT2D eigenvalue weighted by Crippen LogP contribution is -2.12. The van der Waals surface area contributed by atoms with E-state index in [-0.39, 0.29) is 0 Å². The standard InChI is InChI=1S/C10H19ClO/c1-9(11)10(6-7-10)5-3-4-8-12-2/h9H,3-8H2,1-2H3. The molecular formula is C10H19ClO. The number of halogens is 1. The van der Waals surface area contributed by atoms with E-state index in [2.05, 4.69) is 6.92 Å². The van der Waals surface area contributed by atoms with Gasteiger partial charge in [0.2, 0.25) is 0 Å². The molecule has 2 heteroatoms. The van der Waals surface area contributed by atoms with Gasteiger partial charge in [0.1, 0.15) is 0 Å². The molecule has 0 saturated heterocycles. The highest BCUT2D eigenvalue weighted by Crippen LogP contribution is 2.54. The van der Waals surface area contributed by atoms with Crippen LogP contribution in [0.25, 0.3) is 0 Å². The van der Waals surface area contributed by atoms with Crippen molar-refractivity contribution in [1.29, 1.82) is 0 Å². The van der Waals surface area contributed by atoms with Gasteiger partial charge in [0.25, 0.3) is 0 Å². The largest absolute Gasteiger partial charge is 0.385 e. The van der Waals surface area contributed by atoms with E-state index in [0.29, 0.717) is 10.8 Å². The molecule has 1 aliphatic rings. The Kier molecular flexibility index (Phi) is 3.85. The summed E-state index contributed by atoms with van der Waals surface area (Å²) in [5, 5.41) is 0.361. The fourth-order valence-corrected chi connectivity index (χ4v) is 2.06. The van der Waals surface area contributed by atoms with E-state index in [1.54, 1.807) is 7.11 Å². The maximum atomic E-state index is 6.11. The van der Waals surface area contributed by atoms with Gasteiger partial charge < -0.3 is 4.74 Å². The molecule has 1 nitrogen and oxygen atoms in total. The number of hydrogen-bond donors (Lipinski definition) is 0. The van der Waals surface area contributed by atoms with Crippen molar-refractivity contribution in [3.63, 3.8) is 0 Å². The Balaban J connectivity index is 2.06. The molecule has 1 atom stereocenters. The molecule has 0 aromatic rings. The van der Waals surface area contributed by atoms with Crippen molar-refractivity contribution >= 4 is 11.6 Å². The Hall–Kier alpha value is 0.250. The van der Waals surface area contributed by atoms with Crippen LogP contribution in [0.2, 0.25) is 0 Å². The second-order valence-electron chi connectivity index (χ2n) is 3.93. The Bertz CT molecular complexity index is 130. The third-order valence-electron chi connectivity index (χ3n) is 3.01. The molecule has 0 amide bonds. The molecule has 72 valence electrons. The van der Waals surface area contributed by atoms with Crippen LogP contribution in [-0.4, -0.2) is 19.1 Å². The van der Waals surface area contributed by atoms with Gasteiger partial charge in [0.15, 0.2) is 0 Å². The lowest BCUT2D eigenvalue weighted by atomic mass is 9.96. The van der Waals surface area contributed by atoms with Crippen LogP contribution >= 0.6 is 11.6 Å². The van der Waals surface area contributed by atoms with Crippen LogP contribution in [0.3, 0.4) is 0 Å². The number of rotatable bonds is 6. The van der Waals surface area contributed by atoms with Crippen molar-refractivity contribution in [3.8, 4) is 0 Å². The Morgan fingerprint density at radius 2 is 2.08 bits per heavy atom. The van der Waals surface area contributed by atoms with Gasteiger partial charge in [-0.05, 0) is 38.0 Å². The fraction of sp³-hybridized carbons (Fsp3) is 1.00. The fourth-order valence-electron chi connectivity index (χ4n) is 1.73. The highest BCUT2D eigenvalue weighted by atomic mass is 35.5. The summed E-state index contributed by atoms with van der Waals surface area (Å²) >= 11 is 6.11. The molecule has 0 N–H and O–H groups in total. The van der Waals surface area contributed by atoms with Crippen molar-refractivity contribution in [3.05, 3.63) is 0 Å². The average molecular weight is 191 g/mol. The highest BCUT2D eigenvalue weighted by molar-refractivity contribution is 6.21. The zero-order valence-electron chi connectivity index (χ0n) is 8.11. The van der Waals surface area contributed by atoms with Gasteiger partial charge in [-0.25, -0.2) is 0 Å². The molecule has 1 rings (SSSR count).